The van der Waals surface area contributed by atoms with Crippen LogP contribution in [0, 0.1) is 17.0 Å². The Hall–Kier alpha value is -2.90. The average molecular weight is 292 g/mol. The number of nitrogens with zero attached hydrogens (tertiary/aromatic N) is 2. The molecule has 2 aromatic rings. The number of aromatic nitrogens is 1. The Labute approximate surface area is 118 Å². The molecule has 0 bridgehead atoms. The van der Waals surface area contributed by atoms with E-state index in [1.54, 1.807) is 13.0 Å². The van der Waals surface area contributed by atoms with Crippen molar-refractivity contribution in [2.75, 3.05) is 7.11 Å². The quantitative estimate of drug-likeness (QED) is 0.480. The van der Waals surface area contributed by atoms with E-state index in [0.29, 0.717) is 11.3 Å². The molecule has 8 heteroatoms. The highest BCUT2D eigenvalue weighted by molar-refractivity contribution is 5.87. The minimum absolute atomic E-state index is 0.0155. The molecule has 0 saturated carbocycles. The van der Waals surface area contributed by atoms with Crippen LogP contribution in [0.2, 0.25) is 0 Å². The number of rotatable bonds is 4. The van der Waals surface area contributed by atoms with Gasteiger partial charge in [0, 0.05) is 17.8 Å². The van der Waals surface area contributed by atoms with Gasteiger partial charge in [-0.25, -0.2) is 4.79 Å². The van der Waals surface area contributed by atoms with E-state index in [4.69, 9.17) is 4.42 Å². The van der Waals surface area contributed by atoms with E-state index in [2.05, 4.69) is 4.74 Å². The maximum Gasteiger partial charge on any atom is 0.374 e. The number of pyridine rings is 1. The lowest BCUT2D eigenvalue weighted by Gasteiger charge is -2.02. The van der Waals surface area contributed by atoms with Gasteiger partial charge in [-0.3, -0.25) is 14.9 Å². The standard InChI is InChI=1S/C13H12N2O6/c1-8-6-9(21-11(8)13(17)20-2)7-14-5-3-4-10(12(14)16)15(18)19/h3-6H,7H2,1-2H3. The fourth-order valence-corrected chi connectivity index (χ4v) is 1.88. The summed E-state index contributed by atoms with van der Waals surface area (Å²) < 4.78 is 11.0. The molecule has 0 radical (unpaired) electrons. The van der Waals surface area contributed by atoms with Crippen molar-refractivity contribution >= 4 is 11.7 Å². The topological polar surface area (TPSA) is 105 Å². The SMILES string of the molecule is COC(=O)c1oc(Cn2cccc([N+](=O)[O-])c2=O)cc1C. The monoisotopic (exact) mass is 292 g/mol. The third-order valence-electron chi connectivity index (χ3n) is 2.86. The highest BCUT2D eigenvalue weighted by Gasteiger charge is 2.18. The summed E-state index contributed by atoms with van der Waals surface area (Å²) in [5.74, 6) is -0.244. The highest BCUT2D eigenvalue weighted by Crippen LogP contribution is 2.16. The van der Waals surface area contributed by atoms with Gasteiger partial charge in [0.2, 0.25) is 5.76 Å². The van der Waals surface area contributed by atoms with E-state index in [1.807, 2.05) is 0 Å². The molecule has 110 valence electrons. The van der Waals surface area contributed by atoms with Crippen LogP contribution in [0.1, 0.15) is 21.9 Å². The maximum absolute atomic E-state index is 11.9. The molecule has 21 heavy (non-hydrogen) atoms. The number of esters is 1. The number of nitro groups is 1. The molecule has 0 aliphatic rings. The molecule has 2 aromatic heterocycles. The number of hydrogen-bond donors (Lipinski definition) is 0. The predicted molar refractivity (Wildman–Crippen MR) is 71.2 cm³/mol. The van der Waals surface area contributed by atoms with Gasteiger partial charge in [-0.05, 0) is 19.1 Å². The molecule has 0 spiro atoms. The van der Waals surface area contributed by atoms with Crippen LogP contribution in [0.25, 0.3) is 0 Å². The van der Waals surface area contributed by atoms with Crippen LogP contribution in [-0.4, -0.2) is 22.6 Å². The molecule has 8 nitrogen and oxygen atoms in total. The minimum Gasteiger partial charge on any atom is -0.463 e. The number of aryl methyl sites for hydroxylation is 1. The first-order valence-electron chi connectivity index (χ1n) is 5.95. The van der Waals surface area contributed by atoms with Crippen molar-refractivity contribution in [1.29, 1.82) is 0 Å². The molecule has 0 saturated heterocycles. The molecule has 2 rings (SSSR count). The summed E-state index contributed by atoms with van der Waals surface area (Å²) in [5.41, 5.74) is -0.694. The Morgan fingerprint density at radius 3 is 2.86 bits per heavy atom. The zero-order chi connectivity index (χ0) is 15.6. The van der Waals surface area contributed by atoms with Crippen molar-refractivity contribution in [3.63, 3.8) is 0 Å². The van der Waals surface area contributed by atoms with E-state index >= 15 is 0 Å². The second kappa shape index (κ2) is 5.61. The van der Waals surface area contributed by atoms with Crippen molar-refractivity contribution < 1.29 is 18.9 Å². The molecule has 0 N–H and O–H groups in total. The smallest absolute Gasteiger partial charge is 0.374 e. The fraction of sp³-hybridized carbons (Fsp3) is 0.231. The lowest BCUT2D eigenvalue weighted by molar-refractivity contribution is -0.386. The lowest BCUT2D eigenvalue weighted by Crippen LogP contribution is -2.22. The largest absolute Gasteiger partial charge is 0.463 e. The molecular formula is C13H12N2O6. The molecule has 0 atom stereocenters. The third kappa shape index (κ3) is 2.83. The van der Waals surface area contributed by atoms with Gasteiger partial charge in [0.25, 0.3) is 0 Å². The van der Waals surface area contributed by atoms with Gasteiger partial charge in [-0.15, -0.1) is 0 Å². The van der Waals surface area contributed by atoms with Crippen molar-refractivity contribution in [1.82, 2.24) is 4.57 Å². The van der Waals surface area contributed by atoms with E-state index in [1.165, 1.54) is 19.4 Å². The Morgan fingerprint density at radius 2 is 2.24 bits per heavy atom. The van der Waals surface area contributed by atoms with Crippen LogP contribution in [-0.2, 0) is 11.3 Å². The van der Waals surface area contributed by atoms with Gasteiger partial charge < -0.3 is 13.7 Å². The molecule has 0 aliphatic carbocycles. The fourth-order valence-electron chi connectivity index (χ4n) is 1.88. The number of methoxy groups -OCH3 is 1. The van der Waals surface area contributed by atoms with E-state index in [0.717, 1.165) is 10.6 Å². The summed E-state index contributed by atoms with van der Waals surface area (Å²) in [6.07, 6.45) is 1.41. The number of ether oxygens (including phenoxy) is 1. The lowest BCUT2D eigenvalue weighted by atomic mass is 10.2. The molecule has 0 unspecified atom stereocenters. The van der Waals surface area contributed by atoms with Crippen LogP contribution in [0.3, 0.4) is 0 Å². The summed E-state index contributed by atoms with van der Waals surface area (Å²) in [7, 11) is 1.23. The van der Waals surface area contributed by atoms with E-state index in [-0.39, 0.29) is 12.3 Å². The van der Waals surface area contributed by atoms with Crippen LogP contribution in [0.4, 0.5) is 5.69 Å². The van der Waals surface area contributed by atoms with Crippen molar-refractivity contribution in [3.05, 3.63) is 61.9 Å². The first-order valence-corrected chi connectivity index (χ1v) is 5.95. The number of furan rings is 1. The average Bonchev–Trinajstić information content (AvgIpc) is 2.80. The highest BCUT2D eigenvalue weighted by atomic mass is 16.6. The Morgan fingerprint density at radius 1 is 1.52 bits per heavy atom. The summed E-state index contributed by atoms with van der Waals surface area (Å²) >= 11 is 0. The van der Waals surface area contributed by atoms with Crippen molar-refractivity contribution in [2.45, 2.75) is 13.5 Å². The summed E-state index contributed by atoms with van der Waals surface area (Å²) in [6, 6.07) is 4.11. The van der Waals surface area contributed by atoms with Crippen LogP contribution in [0.15, 0.2) is 33.6 Å². The van der Waals surface area contributed by atoms with Gasteiger partial charge in [-0.1, -0.05) is 0 Å². The predicted octanol–water partition coefficient (Wildman–Crippen LogP) is 1.49. The first kappa shape index (κ1) is 14.5. The molecular weight excluding hydrogens is 280 g/mol. The summed E-state index contributed by atoms with van der Waals surface area (Å²) in [4.78, 5) is 33.3. The second-order valence-electron chi connectivity index (χ2n) is 4.30. The first-order chi connectivity index (χ1) is 9.93. The van der Waals surface area contributed by atoms with Gasteiger partial charge >= 0.3 is 17.2 Å². The van der Waals surface area contributed by atoms with E-state index in [9.17, 15) is 19.7 Å². The van der Waals surface area contributed by atoms with E-state index < -0.39 is 22.1 Å². The van der Waals surface area contributed by atoms with Crippen molar-refractivity contribution in [3.8, 4) is 0 Å². The van der Waals surface area contributed by atoms with Gasteiger partial charge in [-0.2, -0.15) is 0 Å². The molecule has 2 heterocycles. The number of carbonyl (C=O) groups is 1. The normalized spacial score (nSPS) is 10.4. The molecule has 0 aliphatic heterocycles. The minimum atomic E-state index is -0.744. The summed E-state index contributed by atoms with van der Waals surface area (Å²) in [6.45, 7) is 1.65. The van der Waals surface area contributed by atoms with Crippen LogP contribution < -0.4 is 5.56 Å². The second-order valence-corrected chi connectivity index (χ2v) is 4.30. The van der Waals surface area contributed by atoms with Gasteiger partial charge in [0.15, 0.2) is 0 Å². The summed E-state index contributed by atoms with van der Waals surface area (Å²) in [5, 5.41) is 10.7. The van der Waals surface area contributed by atoms with Crippen molar-refractivity contribution in [2.24, 2.45) is 0 Å². The Kier molecular flexibility index (Phi) is 3.88. The molecule has 0 amide bonds. The Bertz CT molecular complexity index is 758. The van der Waals surface area contributed by atoms with Crippen LogP contribution >= 0.6 is 0 Å². The molecule has 0 fully saturated rings. The van der Waals surface area contributed by atoms with Gasteiger partial charge in [0.05, 0.1) is 18.6 Å². The third-order valence-corrected chi connectivity index (χ3v) is 2.86. The Balaban J connectivity index is 2.35. The molecule has 0 aromatic carbocycles. The van der Waals surface area contributed by atoms with Crippen LogP contribution in [0.5, 0.6) is 0 Å². The zero-order valence-corrected chi connectivity index (χ0v) is 11.4. The zero-order valence-electron chi connectivity index (χ0n) is 11.4. The maximum atomic E-state index is 11.9. The number of carbonyl (C=O) groups excluding carboxylic acids is 1. The van der Waals surface area contributed by atoms with Gasteiger partial charge in [0.1, 0.15) is 5.76 Å². The number of hydrogen-bond acceptors (Lipinski definition) is 6.